The van der Waals surface area contributed by atoms with Crippen molar-refractivity contribution in [2.75, 3.05) is 27.3 Å². The van der Waals surface area contributed by atoms with E-state index in [9.17, 15) is 9.90 Å². The van der Waals surface area contributed by atoms with Gasteiger partial charge in [0.15, 0.2) is 6.10 Å². The first-order valence-electron chi connectivity index (χ1n) is 12.8. The fourth-order valence-electron chi connectivity index (χ4n) is 5.11. The van der Waals surface area contributed by atoms with E-state index < -0.39 is 12.1 Å². The highest BCUT2D eigenvalue weighted by Gasteiger charge is 2.27. The van der Waals surface area contributed by atoms with E-state index in [4.69, 9.17) is 9.47 Å². The SMILES string of the molecule is CCc1ccc2c(c1)CCc1ccc(C)cc1C2N(C)CCOc1ccc(CC(OC)C(=O)O)cc1. The molecule has 5 heteroatoms. The van der Waals surface area contributed by atoms with Gasteiger partial charge in [0.1, 0.15) is 12.4 Å². The number of fused-ring (bicyclic) bond motifs is 2. The predicted octanol–water partition coefficient (Wildman–Crippen LogP) is 5.40. The maximum absolute atomic E-state index is 11.2. The normalized spacial score (nSPS) is 15.6. The van der Waals surface area contributed by atoms with Crippen molar-refractivity contribution >= 4 is 5.97 Å². The Morgan fingerprint density at radius 3 is 2.42 bits per heavy atom. The molecule has 0 fully saturated rings. The Morgan fingerprint density at radius 2 is 1.72 bits per heavy atom. The predicted molar refractivity (Wildman–Crippen MR) is 143 cm³/mol. The van der Waals surface area contributed by atoms with Gasteiger partial charge < -0.3 is 14.6 Å². The Kier molecular flexibility index (Phi) is 8.44. The molecular formula is C31H37NO4. The standard InChI is InChI=1S/C31H37NO4/c1-5-22-9-15-27-25(19-22)12-11-24-10-6-21(2)18-28(24)30(27)32(3)16-17-36-26-13-7-23(8-14-26)20-29(35-4)31(33)34/h6-10,13-15,18-19,29-30H,5,11-12,16-17,20H2,1-4H3,(H,33,34). The van der Waals surface area contributed by atoms with Crippen LogP contribution in [0, 0.1) is 6.92 Å². The molecule has 36 heavy (non-hydrogen) atoms. The van der Waals surface area contributed by atoms with Crippen LogP contribution in [-0.2, 0) is 35.2 Å². The number of ether oxygens (including phenoxy) is 2. The summed E-state index contributed by atoms with van der Waals surface area (Å²) in [6, 6.07) is 21.7. The van der Waals surface area contributed by atoms with Crippen LogP contribution >= 0.6 is 0 Å². The fourth-order valence-corrected chi connectivity index (χ4v) is 5.11. The first kappa shape index (κ1) is 25.9. The molecule has 1 aliphatic carbocycles. The monoisotopic (exact) mass is 487 g/mol. The number of hydrogen-bond acceptors (Lipinski definition) is 4. The third kappa shape index (κ3) is 5.97. The molecule has 0 saturated heterocycles. The van der Waals surface area contributed by atoms with Gasteiger partial charge in [-0.2, -0.15) is 0 Å². The largest absolute Gasteiger partial charge is 0.492 e. The number of aryl methyl sites for hydroxylation is 4. The van der Waals surface area contributed by atoms with Crippen molar-refractivity contribution in [3.05, 3.63) is 99.6 Å². The summed E-state index contributed by atoms with van der Waals surface area (Å²) in [5.74, 6) is -0.176. The lowest BCUT2D eigenvalue weighted by molar-refractivity contribution is -0.148. The molecule has 0 amide bonds. The smallest absolute Gasteiger partial charge is 0.333 e. The third-order valence-electron chi connectivity index (χ3n) is 7.23. The lowest BCUT2D eigenvalue weighted by Gasteiger charge is -2.31. The summed E-state index contributed by atoms with van der Waals surface area (Å²) in [6.07, 6.45) is 2.67. The Bertz CT molecular complexity index is 1190. The summed E-state index contributed by atoms with van der Waals surface area (Å²) in [4.78, 5) is 13.6. The molecule has 0 spiro atoms. The second-order valence-corrected chi connectivity index (χ2v) is 9.73. The molecule has 0 radical (unpaired) electrons. The van der Waals surface area contributed by atoms with E-state index in [-0.39, 0.29) is 6.04 Å². The van der Waals surface area contributed by atoms with Crippen LogP contribution in [0.25, 0.3) is 0 Å². The average molecular weight is 488 g/mol. The molecule has 5 nitrogen and oxygen atoms in total. The Balaban J connectivity index is 1.47. The number of aliphatic carboxylic acids is 1. The van der Waals surface area contributed by atoms with Crippen LogP contribution in [0.15, 0.2) is 60.7 Å². The van der Waals surface area contributed by atoms with Crippen LogP contribution in [0.4, 0.5) is 0 Å². The number of rotatable bonds is 10. The van der Waals surface area contributed by atoms with Gasteiger partial charge in [-0.15, -0.1) is 0 Å². The van der Waals surface area contributed by atoms with Crippen LogP contribution < -0.4 is 4.74 Å². The molecule has 3 aromatic carbocycles. The van der Waals surface area contributed by atoms with Crippen LogP contribution in [0.1, 0.15) is 51.9 Å². The molecule has 1 aliphatic rings. The van der Waals surface area contributed by atoms with E-state index in [1.54, 1.807) is 0 Å². The molecule has 3 aromatic rings. The molecule has 0 aromatic heterocycles. The molecule has 0 bridgehead atoms. The number of nitrogens with zero attached hydrogens (tertiary/aromatic N) is 1. The summed E-state index contributed by atoms with van der Waals surface area (Å²) >= 11 is 0. The first-order valence-corrected chi connectivity index (χ1v) is 12.8. The Hall–Kier alpha value is -3.15. The summed E-state index contributed by atoms with van der Waals surface area (Å²) in [5, 5.41) is 9.19. The molecule has 2 unspecified atom stereocenters. The van der Waals surface area contributed by atoms with E-state index in [1.165, 1.54) is 40.5 Å². The van der Waals surface area contributed by atoms with Crippen molar-refractivity contribution in [2.45, 2.75) is 51.7 Å². The zero-order chi connectivity index (χ0) is 25.7. The zero-order valence-electron chi connectivity index (χ0n) is 21.8. The van der Waals surface area contributed by atoms with Crippen LogP contribution in [0.5, 0.6) is 5.75 Å². The molecule has 0 saturated carbocycles. The number of benzene rings is 3. The van der Waals surface area contributed by atoms with Gasteiger partial charge in [-0.05, 0) is 78.7 Å². The fraction of sp³-hybridized carbons (Fsp3) is 0.387. The van der Waals surface area contributed by atoms with Gasteiger partial charge in [0.05, 0.1) is 6.04 Å². The second kappa shape index (κ2) is 11.7. The van der Waals surface area contributed by atoms with Crippen molar-refractivity contribution < 1.29 is 19.4 Å². The number of methoxy groups -OCH3 is 1. The van der Waals surface area contributed by atoms with Gasteiger partial charge in [0.25, 0.3) is 0 Å². The van der Waals surface area contributed by atoms with Crippen molar-refractivity contribution in [3.63, 3.8) is 0 Å². The van der Waals surface area contributed by atoms with Crippen molar-refractivity contribution in [1.82, 2.24) is 4.90 Å². The highest BCUT2D eigenvalue weighted by Crippen LogP contribution is 2.37. The van der Waals surface area contributed by atoms with E-state index in [0.29, 0.717) is 13.0 Å². The summed E-state index contributed by atoms with van der Waals surface area (Å²) in [5.41, 5.74) is 9.26. The third-order valence-corrected chi connectivity index (χ3v) is 7.23. The molecule has 1 N–H and O–H groups in total. The molecule has 0 aliphatic heterocycles. The van der Waals surface area contributed by atoms with Gasteiger partial charge in [0, 0.05) is 20.1 Å². The van der Waals surface area contributed by atoms with E-state index in [2.05, 4.69) is 62.2 Å². The second-order valence-electron chi connectivity index (χ2n) is 9.73. The molecule has 0 heterocycles. The maximum Gasteiger partial charge on any atom is 0.333 e. The van der Waals surface area contributed by atoms with Gasteiger partial charge in [-0.25, -0.2) is 4.79 Å². The zero-order valence-corrected chi connectivity index (χ0v) is 21.8. The van der Waals surface area contributed by atoms with Crippen molar-refractivity contribution in [2.24, 2.45) is 0 Å². The van der Waals surface area contributed by atoms with E-state index in [0.717, 1.165) is 37.1 Å². The van der Waals surface area contributed by atoms with E-state index >= 15 is 0 Å². The lowest BCUT2D eigenvalue weighted by atomic mass is 9.91. The molecular weight excluding hydrogens is 450 g/mol. The number of carboxylic acid groups (broad SMARTS) is 1. The highest BCUT2D eigenvalue weighted by molar-refractivity contribution is 5.72. The van der Waals surface area contributed by atoms with E-state index in [1.807, 2.05) is 24.3 Å². The lowest BCUT2D eigenvalue weighted by Crippen LogP contribution is -2.30. The van der Waals surface area contributed by atoms with Gasteiger partial charge in [-0.1, -0.05) is 61.0 Å². The summed E-state index contributed by atoms with van der Waals surface area (Å²) in [6.45, 7) is 5.72. The Labute approximate surface area is 214 Å². The van der Waals surface area contributed by atoms with Gasteiger partial charge in [0.2, 0.25) is 0 Å². The quantitative estimate of drug-likeness (QED) is 0.415. The van der Waals surface area contributed by atoms with Crippen LogP contribution in [0.2, 0.25) is 0 Å². The minimum absolute atomic E-state index is 0.191. The minimum atomic E-state index is -0.955. The number of carbonyl (C=O) groups is 1. The molecule has 4 rings (SSSR count). The topological polar surface area (TPSA) is 59.0 Å². The Morgan fingerprint density at radius 1 is 1.00 bits per heavy atom. The molecule has 2 atom stereocenters. The summed E-state index contributed by atoms with van der Waals surface area (Å²) < 4.78 is 11.1. The first-order chi connectivity index (χ1) is 17.4. The number of likely N-dealkylation sites (N-methyl/N-ethyl adjacent to an activating group) is 1. The average Bonchev–Trinajstić information content (AvgIpc) is 3.03. The summed E-state index contributed by atoms with van der Waals surface area (Å²) in [7, 11) is 3.60. The van der Waals surface area contributed by atoms with Crippen LogP contribution in [-0.4, -0.2) is 49.4 Å². The number of hydrogen-bond donors (Lipinski definition) is 1. The minimum Gasteiger partial charge on any atom is -0.492 e. The number of carboxylic acids is 1. The molecule has 190 valence electrons. The van der Waals surface area contributed by atoms with Crippen LogP contribution in [0.3, 0.4) is 0 Å². The van der Waals surface area contributed by atoms with Gasteiger partial charge >= 0.3 is 5.97 Å². The highest BCUT2D eigenvalue weighted by atomic mass is 16.5. The van der Waals surface area contributed by atoms with Crippen molar-refractivity contribution in [3.8, 4) is 5.75 Å². The van der Waals surface area contributed by atoms with Crippen molar-refractivity contribution in [1.29, 1.82) is 0 Å². The van der Waals surface area contributed by atoms with Gasteiger partial charge in [-0.3, -0.25) is 4.90 Å². The maximum atomic E-state index is 11.2.